The molecular formula is C14H38N4OS2. The fourth-order valence-electron chi connectivity index (χ4n) is 2.45. The molecule has 0 saturated carbocycles. The Morgan fingerprint density at radius 1 is 0.762 bits per heavy atom. The molecule has 0 bridgehead atoms. The van der Waals surface area contributed by atoms with Crippen molar-refractivity contribution in [1.82, 2.24) is 9.80 Å². The van der Waals surface area contributed by atoms with Gasteiger partial charge in [0.25, 0.3) is 0 Å². The van der Waals surface area contributed by atoms with E-state index < -0.39 is 20.6 Å². The molecule has 0 aliphatic carbocycles. The summed E-state index contributed by atoms with van der Waals surface area (Å²) in [7, 11) is 2.18. The first-order valence-corrected chi connectivity index (χ1v) is 12.6. The van der Waals surface area contributed by atoms with Crippen LogP contribution in [-0.4, -0.2) is 86.9 Å². The van der Waals surface area contributed by atoms with Crippen LogP contribution in [0.4, 0.5) is 0 Å². The third-order valence-electron chi connectivity index (χ3n) is 2.92. The lowest BCUT2D eigenvalue weighted by atomic mass is 10.4. The van der Waals surface area contributed by atoms with Gasteiger partial charge in [0.1, 0.15) is 0 Å². The lowest BCUT2D eigenvalue weighted by Crippen LogP contribution is -2.30. The Bertz CT molecular complexity index is 252. The Hall–Kier alpha value is 0.500. The summed E-state index contributed by atoms with van der Waals surface area (Å²) in [6.07, 6.45) is 11.1. The number of hydrogen-bond donors (Lipinski definition) is 2. The van der Waals surface area contributed by atoms with Gasteiger partial charge in [0.05, 0.1) is 11.8 Å². The molecule has 0 aliphatic heterocycles. The van der Waals surface area contributed by atoms with E-state index in [0.29, 0.717) is 0 Å². The molecule has 7 heteroatoms. The van der Waals surface area contributed by atoms with Gasteiger partial charge in [0.15, 0.2) is 0 Å². The largest absolute Gasteiger partial charge is 0.330 e. The van der Waals surface area contributed by atoms with E-state index in [-0.39, 0.29) is 0 Å². The van der Waals surface area contributed by atoms with Crippen LogP contribution in [0.15, 0.2) is 0 Å². The van der Waals surface area contributed by atoms with Crippen LogP contribution in [0.1, 0.15) is 12.8 Å². The van der Waals surface area contributed by atoms with Gasteiger partial charge >= 0.3 is 0 Å². The van der Waals surface area contributed by atoms with E-state index >= 15 is 0 Å². The first-order chi connectivity index (χ1) is 9.62. The number of rotatable bonds is 12. The third kappa shape index (κ3) is 11.7. The van der Waals surface area contributed by atoms with E-state index in [2.05, 4.69) is 48.9 Å². The van der Waals surface area contributed by atoms with Gasteiger partial charge in [-0.2, -0.15) is 0 Å². The van der Waals surface area contributed by atoms with Crippen LogP contribution in [0.25, 0.3) is 0 Å². The predicted octanol–water partition coefficient (Wildman–Crippen LogP) is 1.44. The minimum atomic E-state index is -1.06. The van der Waals surface area contributed by atoms with Gasteiger partial charge in [-0.25, -0.2) is 0 Å². The third-order valence-corrected chi connectivity index (χ3v) is 7.99. The Kier molecular flexibility index (Phi) is 10.6. The quantitative estimate of drug-likeness (QED) is 0.562. The second-order valence-electron chi connectivity index (χ2n) is 6.64. The molecule has 0 radical (unpaired) electrons. The van der Waals surface area contributed by atoms with Gasteiger partial charge in [-0.1, -0.05) is 0 Å². The van der Waals surface area contributed by atoms with Crippen LogP contribution in [0.2, 0.25) is 0 Å². The van der Waals surface area contributed by atoms with Crippen LogP contribution >= 0.6 is 20.6 Å². The van der Waals surface area contributed by atoms with E-state index in [1.54, 1.807) is 0 Å². The van der Waals surface area contributed by atoms with Crippen LogP contribution in [-0.2, 0) is 3.63 Å². The molecule has 5 nitrogen and oxygen atoms in total. The first-order valence-electron chi connectivity index (χ1n) is 7.52. The highest BCUT2D eigenvalue weighted by Crippen LogP contribution is 2.57. The summed E-state index contributed by atoms with van der Waals surface area (Å²) in [4.78, 5) is 4.69. The van der Waals surface area contributed by atoms with Crippen molar-refractivity contribution in [2.45, 2.75) is 12.8 Å². The number of hydrogen-bond acceptors (Lipinski definition) is 5. The molecular weight excluding hydrogens is 304 g/mol. The molecule has 0 spiro atoms. The topological polar surface area (TPSA) is 67.8 Å². The van der Waals surface area contributed by atoms with E-state index in [1.165, 1.54) is 0 Å². The molecule has 132 valence electrons. The van der Waals surface area contributed by atoms with Crippen LogP contribution in [0, 0.1) is 0 Å². The molecule has 0 aliphatic rings. The van der Waals surface area contributed by atoms with E-state index in [4.69, 9.17) is 15.1 Å². The van der Waals surface area contributed by atoms with Gasteiger partial charge in [-0.05, 0) is 78.1 Å². The summed E-state index contributed by atoms with van der Waals surface area (Å²) in [5, 5.41) is 0. The molecule has 0 aromatic carbocycles. The zero-order valence-electron chi connectivity index (χ0n) is 14.9. The highest BCUT2D eigenvalue weighted by atomic mass is 32.3. The van der Waals surface area contributed by atoms with Gasteiger partial charge in [-0.3, -0.25) is 13.4 Å². The van der Waals surface area contributed by atoms with Gasteiger partial charge < -0.3 is 11.5 Å². The molecule has 0 amide bonds. The minimum absolute atomic E-state index is 0.754. The van der Waals surface area contributed by atoms with E-state index in [9.17, 15) is 0 Å². The zero-order valence-corrected chi connectivity index (χ0v) is 16.6. The summed E-state index contributed by atoms with van der Waals surface area (Å²) in [5.41, 5.74) is 11.2. The molecule has 0 rings (SSSR count). The smallest absolute Gasteiger partial charge is 0.0503 e. The molecule has 0 unspecified atom stereocenters. The normalized spacial score (nSPS) is 15.0. The van der Waals surface area contributed by atoms with Gasteiger partial charge in [-0.15, -0.1) is 20.6 Å². The first kappa shape index (κ1) is 21.5. The van der Waals surface area contributed by atoms with Crippen LogP contribution in [0.3, 0.4) is 0 Å². The van der Waals surface area contributed by atoms with Crippen molar-refractivity contribution in [3.8, 4) is 0 Å². The molecule has 0 saturated heterocycles. The molecule has 0 aromatic heterocycles. The van der Waals surface area contributed by atoms with Crippen molar-refractivity contribution in [3.05, 3.63) is 0 Å². The maximum Gasteiger partial charge on any atom is 0.0503 e. The van der Waals surface area contributed by atoms with Crippen molar-refractivity contribution in [2.24, 2.45) is 11.5 Å². The predicted molar refractivity (Wildman–Crippen MR) is 102 cm³/mol. The molecule has 21 heavy (non-hydrogen) atoms. The van der Waals surface area contributed by atoms with Crippen LogP contribution in [0.5, 0.6) is 0 Å². The summed E-state index contributed by atoms with van der Waals surface area (Å²) >= 11 is 0. The van der Waals surface area contributed by atoms with Crippen molar-refractivity contribution in [3.63, 3.8) is 0 Å². The lowest BCUT2D eigenvalue weighted by Gasteiger charge is -2.45. The summed E-state index contributed by atoms with van der Waals surface area (Å²) < 4.78 is 6.55. The standard InChI is InChI=1S/C14H38N4OS2/c1-17(11-7-9-15)13-20(3,4)19-21(5,6)14-18(2)12-8-10-16/h7-16H2,1-6H3. The van der Waals surface area contributed by atoms with Crippen LogP contribution < -0.4 is 11.5 Å². The van der Waals surface area contributed by atoms with Gasteiger partial charge in [0.2, 0.25) is 0 Å². The fraction of sp³-hybridized carbons (Fsp3) is 1.00. The molecule has 0 fully saturated rings. The summed E-state index contributed by atoms with van der Waals surface area (Å²) in [6, 6.07) is 0. The van der Waals surface area contributed by atoms with Gasteiger partial charge in [0, 0.05) is 0 Å². The molecule has 0 aromatic rings. The van der Waals surface area contributed by atoms with Crippen molar-refractivity contribution in [1.29, 1.82) is 0 Å². The van der Waals surface area contributed by atoms with E-state index in [1.807, 2.05) is 0 Å². The van der Waals surface area contributed by atoms with Crippen molar-refractivity contribution in [2.75, 3.05) is 77.1 Å². The second kappa shape index (κ2) is 10.3. The zero-order chi connectivity index (χ0) is 16.5. The lowest BCUT2D eigenvalue weighted by molar-refractivity contribution is 0.373. The number of nitrogens with two attached hydrogens (primary N) is 2. The second-order valence-corrected chi connectivity index (χ2v) is 13.5. The molecule has 0 atom stereocenters. The Morgan fingerprint density at radius 3 is 1.38 bits per heavy atom. The molecule has 0 heterocycles. The fourth-order valence-corrected chi connectivity index (χ4v) is 9.17. The Morgan fingerprint density at radius 2 is 1.10 bits per heavy atom. The highest BCUT2D eigenvalue weighted by molar-refractivity contribution is 8.40. The number of nitrogens with zero attached hydrogens (tertiary/aromatic N) is 2. The average Bonchev–Trinajstić information content (AvgIpc) is 2.30. The summed E-state index contributed by atoms with van der Waals surface area (Å²) in [6.45, 7) is 3.60. The molecule has 4 N–H and O–H groups in total. The SMILES string of the molecule is CN(CCCN)CS(C)(C)OS(C)(C)CN(C)CCCN. The van der Waals surface area contributed by atoms with E-state index in [0.717, 1.165) is 50.8 Å². The average molecular weight is 343 g/mol. The van der Waals surface area contributed by atoms with Crippen molar-refractivity contribution >= 4 is 20.6 Å². The summed E-state index contributed by atoms with van der Waals surface area (Å²) in [5.74, 6) is 2.02. The Balaban J connectivity index is 4.32. The Labute approximate surface area is 135 Å². The van der Waals surface area contributed by atoms with Crippen molar-refractivity contribution < 1.29 is 3.63 Å². The highest BCUT2D eigenvalue weighted by Gasteiger charge is 2.24. The monoisotopic (exact) mass is 342 g/mol. The minimum Gasteiger partial charge on any atom is -0.330 e. The maximum atomic E-state index is 6.55. The maximum absolute atomic E-state index is 6.55.